The van der Waals surface area contributed by atoms with Gasteiger partial charge in [0.05, 0.1) is 11.5 Å². The van der Waals surface area contributed by atoms with E-state index < -0.39 is 16.1 Å². The number of carbonyl (C=O) groups excluding carboxylic acids is 1. The van der Waals surface area contributed by atoms with Crippen molar-refractivity contribution in [1.29, 1.82) is 0 Å². The van der Waals surface area contributed by atoms with E-state index in [-0.39, 0.29) is 23.2 Å². The summed E-state index contributed by atoms with van der Waals surface area (Å²) < 4.78 is 33.0. The Hall–Kier alpha value is -2.94. The van der Waals surface area contributed by atoms with Crippen molar-refractivity contribution in [2.24, 2.45) is 4.99 Å². The van der Waals surface area contributed by atoms with Crippen LogP contribution in [0.25, 0.3) is 0 Å². The lowest BCUT2D eigenvalue weighted by Gasteiger charge is -2.15. The molecule has 9 heteroatoms. The number of nitrogens with zero attached hydrogens (tertiary/aromatic N) is 2. The SMILES string of the molecule is CCCCOc1ncccc1CNC(=O)C(CCCC)N=C1NS(=O)(=O)c2ccccc21. The highest BCUT2D eigenvalue weighted by Gasteiger charge is 2.31. The highest BCUT2D eigenvalue weighted by atomic mass is 32.2. The maximum Gasteiger partial charge on any atom is 0.263 e. The molecule has 1 aliphatic rings. The number of pyridine rings is 1. The van der Waals surface area contributed by atoms with Crippen LogP contribution in [-0.2, 0) is 21.4 Å². The van der Waals surface area contributed by atoms with Crippen LogP contribution in [0.1, 0.15) is 57.1 Å². The maximum absolute atomic E-state index is 13.0. The lowest BCUT2D eigenvalue weighted by Crippen LogP contribution is -2.35. The first-order valence-corrected chi connectivity index (χ1v) is 12.5. The molecule has 2 N–H and O–H groups in total. The Kier molecular flexibility index (Phi) is 8.21. The minimum absolute atomic E-state index is 0.178. The third-order valence-electron chi connectivity index (χ3n) is 5.12. The number of amidine groups is 1. The van der Waals surface area contributed by atoms with Crippen molar-refractivity contribution in [3.63, 3.8) is 0 Å². The van der Waals surface area contributed by atoms with E-state index in [1.54, 1.807) is 30.5 Å². The van der Waals surface area contributed by atoms with Crippen molar-refractivity contribution in [2.45, 2.75) is 63.4 Å². The van der Waals surface area contributed by atoms with Crippen LogP contribution in [0.3, 0.4) is 0 Å². The third kappa shape index (κ3) is 5.85. The second-order valence-corrected chi connectivity index (χ2v) is 9.28. The van der Waals surface area contributed by atoms with E-state index in [0.29, 0.717) is 24.5 Å². The minimum Gasteiger partial charge on any atom is -0.477 e. The van der Waals surface area contributed by atoms with Gasteiger partial charge in [-0.25, -0.2) is 13.4 Å². The van der Waals surface area contributed by atoms with Gasteiger partial charge in [0.1, 0.15) is 11.9 Å². The van der Waals surface area contributed by atoms with Crippen molar-refractivity contribution >= 4 is 21.8 Å². The molecule has 32 heavy (non-hydrogen) atoms. The van der Waals surface area contributed by atoms with Gasteiger partial charge in [0.25, 0.3) is 10.0 Å². The van der Waals surface area contributed by atoms with Crippen LogP contribution >= 0.6 is 0 Å². The average Bonchev–Trinajstić information content (AvgIpc) is 3.06. The number of fused-ring (bicyclic) bond motifs is 1. The van der Waals surface area contributed by atoms with Gasteiger partial charge in [-0.05, 0) is 31.0 Å². The molecule has 1 aliphatic heterocycles. The van der Waals surface area contributed by atoms with Gasteiger partial charge >= 0.3 is 0 Å². The number of carbonyl (C=O) groups is 1. The fourth-order valence-corrected chi connectivity index (χ4v) is 4.58. The van der Waals surface area contributed by atoms with Crippen molar-refractivity contribution in [3.8, 4) is 5.88 Å². The number of sulfonamides is 1. The molecular weight excluding hydrogens is 428 g/mol. The zero-order chi connectivity index (χ0) is 23.0. The van der Waals surface area contributed by atoms with Crippen molar-refractivity contribution in [2.75, 3.05) is 6.61 Å². The number of ether oxygens (including phenoxy) is 1. The van der Waals surface area contributed by atoms with Crippen molar-refractivity contribution in [3.05, 3.63) is 53.7 Å². The molecule has 1 amide bonds. The summed E-state index contributed by atoms with van der Waals surface area (Å²) in [5.74, 6) is 0.454. The van der Waals surface area contributed by atoms with Crippen LogP contribution in [0, 0.1) is 0 Å². The van der Waals surface area contributed by atoms with Gasteiger partial charge in [0.2, 0.25) is 11.8 Å². The van der Waals surface area contributed by atoms with Crippen LogP contribution in [0.4, 0.5) is 0 Å². The summed E-state index contributed by atoms with van der Waals surface area (Å²) in [6.07, 6.45) is 5.81. The Bertz CT molecular complexity index is 1070. The average molecular weight is 459 g/mol. The number of unbranched alkanes of at least 4 members (excludes halogenated alkanes) is 2. The zero-order valence-corrected chi connectivity index (χ0v) is 19.3. The molecule has 1 atom stereocenters. The van der Waals surface area contributed by atoms with E-state index in [2.05, 4.69) is 26.9 Å². The van der Waals surface area contributed by atoms with E-state index in [4.69, 9.17) is 4.74 Å². The van der Waals surface area contributed by atoms with Gasteiger partial charge in [0, 0.05) is 23.9 Å². The van der Waals surface area contributed by atoms with Crippen molar-refractivity contribution < 1.29 is 17.9 Å². The number of nitrogens with one attached hydrogen (secondary N) is 2. The monoisotopic (exact) mass is 458 g/mol. The summed E-state index contributed by atoms with van der Waals surface area (Å²) in [5.41, 5.74) is 1.27. The Morgan fingerprint density at radius 2 is 1.94 bits per heavy atom. The molecule has 0 aliphatic carbocycles. The molecule has 0 spiro atoms. The summed E-state index contributed by atoms with van der Waals surface area (Å²) in [5, 5.41) is 2.91. The van der Waals surface area contributed by atoms with Gasteiger partial charge in [-0.15, -0.1) is 0 Å². The summed E-state index contributed by atoms with van der Waals surface area (Å²) in [4.78, 5) is 22.0. The first-order valence-electron chi connectivity index (χ1n) is 11.0. The number of amides is 1. The molecule has 1 unspecified atom stereocenters. The van der Waals surface area contributed by atoms with E-state index in [9.17, 15) is 13.2 Å². The van der Waals surface area contributed by atoms with E-state index >= 15 is 0 Å². The standard InChI is InChI=1S/C23H30N4O4S/c1-3-5-12-19(26-21-18-11-7-8-13-20(18)32(29,30)27-21)22(28)25-16-17-10-9-14-24-23(17)31-15-6-4-2/h7-11,13-14,19H,3-6,12,15-16H2,1-2H3,(H,25,28)(H,26,27). The molecule has 0 fully saturated rings. The van der Waals surface area contributed by atoms with Crippen LogP contribution < -0.4 is 14.8 Å². The fraction of sp³-hybridized carbons (Fsp3) is 0.435. The highest BCUT2D eigenvalue weighted by Crippen LogP contribution is 2.23. The summed E-state index contributed by atoms with van der Waals surface area (Å²) >= 11 is 0. The molecule has 8 nitrogen and oxygen atoms in total. The molecule has 2 aromatic rings. The molecule has 172 valence electrons. The lowest BCUT2D eigenvalue weighted by atomic mass is 10.1. The van der Waals surface area contributed by atoms with Gasteiger partial charge in [-0.3, -0.25) is 14.5 Å². The lowest BCUT2D eigenvalue weighted by molar-refractivity contribution is -0.122. The predicted octanol–water partition coefficient (Wildman–Crippen LogP) is 3.17. The van der Waals surface area contributed by atoms with Crippen LogP contribution in [0.2, 0.25) is 0 Å². The zero-order valence-electron chi connectivity index (χ0n) is 18.5. The Balaban J connectivity index is 1.75. The largest absolute Gasteiger partial charge is 0.477 e. The topological polar surface area (TPSA) is 110 Å². The van der Waals surface area contributed by atoms with Crippen LogP contribution in [-0.4, -0.2) is 37.8 Å². The molecule has 0 radical (unpaired) electrons. The second kappa shape index (κ2) is 11.1. The number of hydrogen-bond donors (Lipinski definition) is 2. The number of hydrogen-bond acceptors (Lipinski definition) is 6. The second-order valence-electron chi connectivity index (χ2n) is 7.62. The van der Waals surface area contributed by atoms with Crippen LogP contribution in [0.15, 0.2) is 52.5 Å². The molecular formula is C23H30N4O4S. The Morgan fingerprint density at radius 1 is 1.16 bits per heavy atom. The normalized spacial score (nSPS) is 16.2. The quantitative estimate of drug-likeness (QED) is 0.503. The maximum atomic E-state index is 13.0. The Labute approximate surface area is 189 Å². The van der Waals surface area contributed by atoms with Gasteiger partial charge in [-0.1, -0.05) is 51.3 Å². The number of aromatic nitrogens is 1. The fourth-order valence-electron chi connectivity index (χ4n) is 3.34. The highest BCUT2D eigenvalue weighted by molar-refractivity contribution is 7.90. The molecule has 1 aromatic carbocycles. The van der Waals surface area contributed by atoms with Crippen LogP contribution in [0.5, 0.6) is 5.88 Å². The first-order chi connectivity index (χ1) is 15.5. The van der Waals surface area contributed by atoms with Gasteiger partial charge in [0.15, 0.2) is 0 Å². The first kappa shape index (κ1) is 23.7. The summed E-state index contributed by atoms with van der Waals surface area (Å²) in [7, 11) is -3.66. The summed E-state index contributed by atoms with van der Waals surface area (Å²) in [6, 6.07) is 9.59. The van der Waals surface area contributed by atoms with E-state index in [0.717, 1.165) is 31.2 Å². The number of rotatable bonds is 11. The molecule has 2 heterocycles. The molecule has 1 aromatic heterocycles. The van der Waals surface area contributed by atoms with E-state index in [1.165, 1.54) is 6.07 Å². The molecule has 3 rings (SSSR count). The molecule has 0 saturated heterocycles. The van der Waals surface area contributed by atoms with Gasteiger partial charge in [-0.2, -0.15) is 0 Å². The van der Waals surface area contributed by atoms with Crippen molar-refractivity contribution in [1.82, 2.24) is 15.0 Å². The molecule has 0 saturated carbocycles. The summed E-state index contributed by atoms with van der Waals surface area (Å²) in [6.45, 7) is 4.94. The third-order valence-corrected chi connectivity index (χ3v) is 6.52. The smallest absolute Gasteiger partial charge is 0.263 e. The van der Waals surface area contributed by atoms with E-state index in [1.807, 2.05) is 13.0 Å². The number of aliphatic imine (C=N–C) groups is 1. The predicted molar refractivity (Wildman–Crippen MR) is 123 cm³/mol. The molecule has 0 bridgehead atoms. The number of benzene rings is 1. The van der Waals surface area contributed by atoms with Gasteiger partial charge < -0.3 is 10.1 Å². The Morgan fingerprint density at radius 3 is 2.72 bits per heavy atom. The minimum atomic E-state index is -3.66.